The van der Waals surface area contributed by atoms with E-state index in [0.717, 1.165) is 5.57 Å². The number of carbonyl (C=O) groups excluding carboxylic acids is 2. The van der Waals surface area contributed by atoms with Crippen molar-refractivity contribution in [3.63, 3.8) is 0 Å². The minimum absolute atomic E-state index is 0.213. The maximum Gasteiger partial charge on any atom is 0.509 e. The van der Waals surface area contributed by atoms with Crippen LogP contribution in [0.25, 0.3) is 0 Å². The second-order valence-corrected chi connectivity index (χ2v) is 6.80. The van der Waals surface area contributed by atoms with E-state index < -0.39 is 35.8 Å². The van der Waals surface area contributed by atoms with Crippen molar-refractivity contribution in [1.29, 1.82) is 0 Å². The normalized spacial score (nSPS) is 44.6. The summed E-state index contributed by atoms with van der Waals surface area (Å²) in [5.41, 5.74) is -0.780. The van der Waals surface area contributed by atoms with E-state index in [9.17, 15) is 14.7 Å². The highest BCUT2D eigenvalue weighted by atomic mass is 16.8. The minimum Gasteiger partial charge on any atom is -0.426 e. The molecule has 2 bridgehead atoms. The van der Waals surface area contributed by atoms with Crippen LogP contribution < -0.4 is 0 Å². The number of aliphatic hydroxyl groups is 1. The second kappa shape index (κ2) is 3.39. The van der Waals surface area contributed by atoms with Crippen molar-refractivity contribution >= 4 is 11.9 Å². The Kier molecular flexibility index (Phi) is 2.26. The van der Waals surface area contributed by atoms with Crippen molar-refractivity contribution in [2.75, 3.05) is 0 Å². The first kappa shape index (κ1) is 12.7. The van der Waals surface area contributed by atoms with Crippen LogP contribution in [0, 0.1) is 17.3 Å². The summed E-state index contributed by atoms with van der Waals surface area (Å²) in [6.45, 7) is 7.52. The van der Waals surface area contributed by atoms with Gasteiger partial charge < -0.3 is 14.6 Å². The molecule has 1 N–H and O–H groups in total. The molecule has 0 aromatic carbocycles. The molecule has 0 amide bonds. The number of rotatable bonds is 0. The third kappa shape index (κ3) is 1.51. The maximum atomic E-state index is 12.5. The van der Waals surface area contributed by atoms with Crippen LogP contribution in [0.15, 0.2) is 11.6 Å². The summed E-state index contributed by atoms with van der Waals surface area (Å²) in [6.07, 6.45) is -0.00495. The molecule has 0 aromatic heterocycles. The molecule has 19 heavy (non-hydrogen) atoms. The molecule has 0 radical (unpaired) electrons. The van der Waals surface area contributed by atoms with Gasteiger partial charge >= 0.3 is 6.16 Å². The van der Waals surface area contributed by atoms with E-state index in [4.69, 9.17) is 9.47 Å². The fraction of sp³-hybridized carbons (Fsp3) is 0.714. The van der Waals surface area contributed by atoms with Gasteiger partial charge in [-0.2, -0.15) is 0 Å². The van der Waals surface area contributed by atoms with Gasteiger partial charge in [0.1, 0.15) is 5.60 Å². The number of Topliss-reactive ketones (excluding diaryl/α,β-unsaturated/α-hetero) is 1. The first-order valence-electron chi connectivity index (χ1n) is 6.50. The van der Waals surface area contributed by atoms with Crippen molar-refractivity contribution in [2.45, 2.75) is 45.5 Å². The zero-order valence-corrected chi connectivity index (χ0v) is 11.5. The Morgan fingerprint density at radius 2 is 1.79 bits per heavy atom. The van der Waals surface area contributed by atoms with Gasteiger partial charge in [-0.25, -0.2) is 4.79 Å². The van der Waals surface area contributed by atoms with Crippen LogP contribution in [-0.2, 0) is 14.3 Å². The Morgan fingerprint density at radius 1 is 1.21 bits per heavy atom. The van der Waals surface area contributed by atoms with Gasteiger partial charge in [-0.15, -0.1) is 0 Å². The topological polar surface area (TPSA) is 72.8 Å². The van der Waals surface area contributed by atoms with Crippen LogP contribution in [0.2, 0.25) is 0 Å². The van der Waals surface area contributed by atoms with E-state index >= 15 is 0 Å². The van der Waals surface area contributed by atoms with Gasteiger partial charge in [-0.1, -0.05) is 32.4 Å². The summed E-state index contributed by atoms with van der Waals surface area (Å²) >= 11 is 0. The molecular weight excluding hydrogens is 248 g/mol. The third-order valence-corrected chi connectivity index (χ3v) is 4.46. The molecule has 0 spiro atoms. The number of ketones is 1. The predicted molar refractivity (Wildman–Crippen MR) is 65.3 cm³/mol. The summed E-state index contributed by atoms with van der Waals surface area (Å²) in [6, 6.07) is 0. The predicted octanol–water partition coefficient (Wildman–Crippen LogP) is 1.44. The standard InChI is InChI=1S/C14H18O5/c1-13(2,3)6-5-7-9-10(19-12(16)18-9)8(6)11(15)14(7,4)17/h5,7-10,17H,1-4H3/t7-,8+,9+,10-,14-/m0/s1. The van der Waals surface area contributed by atoms with Crippen LogP contribution >= 0.6 is 0 Å². The molecule has 1 heterocycles. The molecule has 0 unspecified atom stereocenters. The lowest BCUT2D eigenvalue weighted by atomic mass is 9.56. The molecule has 1 saturated carbocycles. The van der Waals surface area contributed by atoms with Gasteiger partial charge in [0, 0.05) is 0 Å². The molecule has 5 atom stereocenters. The number of ether oxygens (including phenoxy) is 2. The Morgan fingerprint density at radius 3 is 2.37 bits per heavy atom. The highest BCUT2D eigenvalue weighted by Crippen LogP contribution is 2.52. The van der Waals surface area contributed by atoms with E-state index in [1.807, 2.05) is 26.8 Å². The molecule has 0 aromatic rings. The van der Waals surface area contributed by atoms with Gasteiger partial charge in [0.2, 0.25) is 0 Å². The molecule has 3 aliphatic carbocycles. The molecule has 5 nitrogen and oxygen atoms in total. The number of carbonyl (C=O) groups is 2. The molecule has 4 aliphatic rings. The van der Waals surface area contributed by atoms with Crippen LogP contribution in [0.5, 0.6) is 0 Å². The maximum absolute atomic E-state index is 12.5. The van der Waals surface area contributed by atoms with Gasteiger partial charge in [0.25, 0.3) is 0 Å². The third-order valence-electron chi connectivity index (χ3n) is 4.46. The average Bonchev–Trinajstić information content (AvgIpc) is 2.63. The van der Waals surface area contributed by atoms with Gasteiger partial charge in [0.05, 0.1) is 11.8 Å². The lowest BCUT2D eigenvalue weighted by molar-refractivity contribution is -0.163. The Bertz CT molecular complexity index is 496. The Balaban J connectivity index is 2.14. The fourth-order valence-electron chi connectivity index (χ4n) is 3.46. The largest absolute Gasteiger partial charge is 0.509 e. The van der Waals surface area contributed by atoms with E-state index in [1.54, 1.807) is 0 Å². The van der Waals surface area contributed by atoms with E-state index in [0.29, 0.717) is 0 Å². The summed E-state index contributed by atoms with van der Waals surface area (Å²) in [7, 11) is 0. The lowest BCUT2D eigenvalue weighted by Crippen LogP contribution is -2.64. The van der Waals surface area contributed by atoms with Crippen LogP contribution in [-0.4, -0.2) is 34.9 Å². The molecule has 5 heteroatoms. The summed E-state index contributed by atoms with van der Waals surface area (Å²) in [5.74, 6) is -1.41. The van der Waals surface area contributed by atoms with E-state index in [1.165, 1.54) is 6.92 Å². The zero-order valence-electron chi connectivity index (χ0n) is 11.5. The smallest absolute Gasteiger partial charge is 0.426 e. The number of hydrogen-bond acceptors (Lipinski definition) is 5. The molecule has 104 valence electrons. The van der Waals surface area contributed by atoms with Crippen molar-refractivity contribution < 1.29 is 24.2 Å². The quantitative estimate of drug-likeness (QED) is 0.530. The Hall–Kier alpha value is -1.36. The zero-order chi connectivity index (χ0) is 14.2. The molecule has 4 rings (SSSR count). The van der Waals surface area contributed by atoms with Crippen molar-refractivity contribution in [1.82, 2.24) is 0 Å². The van der Waals surface area contributed by atoms with Crippen molar-refractivity contribution in [2.24, 2.45) is 17.3 Å². The van der Waals surface area contributed by atoms with Crippen LogP contribution in [0.3, 0.4) is 0 Å². The first-order chi connectivity index (χ1) is 8.64. The SMILES string of the molecule is CC(C)(C)C1=C[C@H]2[C@H]3OC(=O)O[C@H]3[C@@H]1C(=O)[C@@]2(C)O. The number of hydrogen-bond donors (Lipinski definition) is 1. The van der Waals surface area contributed by atoms with Gasteiger partial charge in [-0.3, -0.25) is 4.79 Å². The monoisotopic (exact) mass is 266 g/mol. The van der Waals surface area contributed by atoms with E-state index in [-0.39, 0.29) is 11.2 Å². The van der Waals surface area contributed by atoms with Gasteiger partial charge in [0.15, 0.2) is 18.0 Å². The molecule has 2 fully saturated rings. The first-order valence-corrected chi connectivity index (χ1v) is 6.50. The average molecular weight is 266 g/mol. The fourth-order valence-corrected chi connectivity index (χ4v) is 3.46. The minimum atomic E-state index is -1.49. The van der Waals surface area contributed by atoms with Gasteiger partial charge in [-0.05, 0) is 12.3 Å². The highest BCUT2D eigenvalue weighted by molar-refractivity contribution is 5.95. The highest BCUT2D eigenvalue weighted by Gasteiger charge is 2.65. The lowest BCUT2D eigenvalue weighted by Gasteiger charge is -2.50. The number of fused-ring (bicyclic) bond motifs is 1. The molecule has 1 aliphatic heterocycles. The molecule has 1 saturated heterocycles. The van der Waals surface area contributed by atoms with Crippen molar-refractivity contribution in [3.8, 4) is 0 Å². The molecular formula is C14H18O5. The second-order valence-electron chi connectivity index (χ2n) is 6.80. The van der Waals surface area contributed by atoms with Crippen LogP contribution in [0.1, 0.15) is 27.7 Å². The van der Waals surface area contributed by atoms with Crippen molar-refractivity contribution in [3.05, 3.63) is 11.6 Å². The Labute approximate surface area is 111 Å². The summed E-state index contributed by atoms with van der Waals surface area (Å²) < 4.78 is 10.3. The van der Waals surface area contributed by atoms with E-state index in [2.05, 4.69) is 0 Å². The summed E-state index contributed by atoms with van der Waals surface area (Å²) in [5, 5.41) is 10.4. The summed E-state index contributed by atoms with van der Waals surface area (Å²) in [4.78, 5) is 23.8. The van der Waals surface area contributed by atoms with Crippen LogP contribution in [0.4, 0.5) is 4.79 Å².